The summed E-state index contributed by atoms with van der Waals surface area (Å²) in [6, 6.07) is 3.68. The van der Waals surface area contributed by atoms with Crippen LogP contribution in [0.1, 0.15) is 18.1 Å². The van der Waals surface area contributed by atoms with Gasteiger partial charge in [-0.1, -0.05) is 13.0 Å². The van der Waals surface area contributed by atoms with Crippen LogP contribution in [0.25, 0.3) is 0 Å². The molecule has 1 atom stereocenters. The lowest BCUT2D eigenvalue weighted by Crippen LogP contribution is -2.34. The number of nitrogens with one attached hydrogen (secondary N) is 2. The summed E-state index contributed by atoms with van der Waals surface area (Å²) in [7, 11) is 3.01. The molecule has 0 saturated heterocycles. The molecule has 0 aliphatic heterocycles. The van der Waals surface area contributed by atoms with E-state index in [0.717, 1.165) is 6.07 Å². The molecule has 1 amide bonds. The Morgan fingerprint density at radius 1 is 1.38 bits per heavy atom. The summed E-state index contributed by atoms with van der Waals surface area (Å²) in [6.07, 6.45) is -4.49. The Bertz CT molecular complexity index is 490. The standard InChI is InChI=1S/C14H19F3N2O2/c1-9(7-18-2)13(20)19-8-10-4-5-11(21-3)6-12(10)14(15,16)17/h4-6,9,18H,7-8H2,1-3H3,(H,19,20). The van der Waals surface area contributed by atoms with Crippen LogP contribution in [0.15, 0.2) is 18.2 Å². The summed E-state index contributed by atoms with van der Waals surface area (Å²) in [5.74, 6) is -0.489. The smallest absolute Gasteiger partial charge is 0.416 e. The van der Waals surface area contributed by atoms with E-state index in [1.807, 2.05) is 0 Å². The third kappa shape index (κ3) is 4.93. The lowest BCUT2D eigenvalue weighted by molar-refractivity contribution is -0.138. The van der Waals surface area contributed by atoms with E-state index in [4.69, 9.17) is 4.74 Å². The highest BCUT2D eigenvalue weighted by Gasteiger charge is 2.33. The second-order valence-corrected chi connectivity index (χ2v) is 4.70. The van der Waals surface area contributed by atoms with Gasteiger partial charge in [-0.15, -0.1) is 0 Å². The quantitative estimate of drug-likeness (QED) is 0.847. The fourth-order valence-electron chi connectivity index (χ4n) is 1.86. The van der Waals surface area contributed by atoms with Crippen molar-refractivity contribution in [1.82, 2.24) is 10.6 Å². The number of hydrogen-bond acceptors (Lipinski definition) is 3. The zero-order valence-electron chi connectivity index (χ0n) is 12.2. The number of carbonyl (C=O) groups is 1. The second kappa shape index (κ2) is 7.31. The Labute approximate surface area is 121 Å². The van der Waals surface area contributed by atoms with Crippen molar-refractivity contribution in [2.45, 2.75) is 19.6 Å². The maximum atomic E-state index is 13.0. The zero-order chi connectivity index (χ0) is 16.0. The maximum absolute atomic E-state index is 13.0. The van der Waals surface area contributed by atoms with E-state index in [-0.39, 0.29) is 29.7 Å². The van der Waals surface area contributed by atoms with Gasteiger partial charge in [0.25, 0.3) is 0 Å². The molecule has 0 bridgehead atoms. The van der Waals surface area contributed by atoms with Gasteiger partial charge in [-0.25, -0.2) is 0 Å². The lowest BCUT2D eigenvalue weighted by Gasteiger charge is -2.16. The maximum Gasteiger partial charge on any atom is 0.416 e. The van der Waals surface area contributed by atoms with Crippen LogP contribution in [0.5, 0.6) is 5.75 Å². The first-order valence-corrected chi connectivity index (χ1v) is 6.46. The van der Waals surface area contributed by atoms with Crippen LogP contribution in [-0.2, 0) is 17.5 Å². The Hall–Kier alpha value is -1.76. The molecule has 0 heterocycles. The Balaban J connectivity index is 2.86. The minimum Gasteiger partial charge on any atom is -0.497 e. The van der Waals surface area contributed by atoms with Gasteiger partial charge >= 0.3 is 6.18 Å². The summed E-state index contributed by atoms with van der Waals surface area (Å²) in [4.78, 5) is 11.7. The van der Waals surface area contributed by atoms with Crippen molar-refractivity contribution < 1.29 is 22.7 Å². The first kappa shape index (κ1) is 17.3. The van der Waals surface area contributed by atoms with Crippen LogP contribution < -0.4 is 15.4 Å². The number of rotatable bonds is 6. The summed E-state index contributed by atoms with van der Waals surface area (Å²) in [6.45, 7) is 1.98. The molecule has 1 rings (SSSR count). The van der Waals surface area contributed by atoms with Crippen LogP contribution in [0.2, 0.25) is 0 Å². The van der Waals surface area contributed by atoms with Gasteiger partial charge in [-0.2, -0.15) is 13.2 Å². The van der Waals surface area contributed by atoms with Crippen molar-refractivity contribution in [3.05, 3.63) is 29.3 Å². The molecule has 4 nitrogen and oxygen atoms in total. The second-order valence-electron chi connectivity index (χ2n) is 4.70. The molecule has 7 heteroatoms. The van der Waals surface area contributed by atoms with E-state index in [1.54, 1.807) is 14.0 Å². The molecule has 1 aromatic rings. The highest BCUT2D eigenvalue weighted by atomic mass is 19.4. The first-order valence-electron chi connectivity index (χ1n) is 6.46. The van der Waals surface area contributed by atoms with E-state index < -0.39 is 11.7 Å². The van der Waals surface area contributed by atoms with E-state index in [9.17, 15) is 18.0 Å². The van der Waals surface area contributed by atoms with Gasteiger partial charge in [0, 0.05) is 19.0 Å². The monoisotopic (exact) mass is 304 g/mol. The highest BCUT2D eigenvalue weighted by molar-refractivity contribution is 5.78. The molecule has 0 aromatic heterocycles. The number of alkyl halides is 3. The van der Waals surface area contributed by atoms with Crippen molar-refractivity contribution >= 4 is 5.91 Å². The van der Waals surface area contributed by atoms with Gasteiger partial charge in [0.05, 0.1) is 12.7 Å². The number of benzene rings is 1. The summed E-state index contributed by atoms with van der Waals surface area (Å²) < 4.78 is 43.8. The number of halogens is 3. The number of methoxy groups -OCH3 is 1. The van der Waals surface area contributed by atoms with Crippen molar-refractivity contribution in [2.24, 2.45) is 5.92 Å². The largest absolute Gasteiger partial charge is 0.497 e. The molecule has 0 saturated carbocycles. The highest BCUT2D eigenvalue weighted by Crippen LogP contribution is 2.34. The Morgan fingerprint density at radius 3 is 2.57 bits per heavy atom. The van der Waals surface area contributed by atoms with E-state index in [2.05, 4.69) is 10.6 Å². The molecule has 0 aliphatic rings. The molecule has 1 aromatic carbocycles. The van der Waals surface area contributed by atoms with Gasteiger partial charge in [0.2, 0.25) is 5.91 Å². The van der Waals surface area contributed by atoms with E-state index >= 15 is 0 Å². The SMILES string of the molecule is CNCC(C)C(=O)NCc1ccc(OC)cc1C(F)(F)F. The van der Waals surface area contributed by atoms with Gasteiger partial charge < -0.3 is 15.4 Å². The van der Waals surface area contributed by atoms with Crippen molar-refractivity contribution in [2.75, 3.05) is 20.7 Å². The minimum atomic E-state index is -4.49. The van der Waals surface area contributed by atoms with Gasteiger partial charge in [0.1, 0.15) is 5.75 Å². The molecule has 21 heavy (non-hydrogen) atoms. The molecule has 0 fully saturated rings. The van der Waals surface area contributed by atoms with Crippen molar-refractivity contribution in [3.8, 4) is 5.75 Å². The van der Waals surface area contributed by atoms with Gasteiger partial charge in [-0.3, -0.25) is 4.79 Å². The van der Waals surface area contributed by atoms with Crippen LogP contribution in [0.4, 0.5) is 13.2 Å². The molecule has 118 valence electrons. The fraction of sp³-hybridized carbons (Fsp3) is 0.500. The molecule has 1 unspecified atom stereocenters. The third-order valence-corrected chi connectivity index (χ3v) is 3.03. The normalized spacial score (nSPS) is 12.9. The van der Waals surface area contributed by atoms with Crippen LogP contribution in [0.3, 0.4) is 0 Å². The van der Waals surface area contributed by atoms with Crippen molar-refractivity contribution in [3.63, 3.8) is 0 Å². The number of hydrogen-bond donors (Lipinski definition) is 2. The molecule has 0 aliphatic carbocycles. The topological polar surface area (TPSA) is 50.4 Å². The third-order valence-electron chi connectivity index (χ3n) is 3.03. The molecular formula is C14H19F3N2O2. The predicted molar refractivity (Wildman–Crippen MR) is 72.9 cm³/mol. The van der Waals surface area contributed by atoms with E-state index in [0.29, 0.717) is 6.54 Å². The molecule has 0 radical (unpaired) electrons. The minimum absolute atomic E-state index is 0.00769. The van der Waals surface area contributed by atoms with Gasteiger partial charge in [-0.05, 0) is 24.7 Å². The fourth-order valence-corrected chi connectivity index (χ4v) is 1.86. The molecule has 0 spiro atoms. The summed E-state index contributed by atoms with van der Waals surface area (Å²) >= 11 is 0. The average Bonchev–Trinajstić information content (AvgIpc) is 2.43. The summed E-state index contributed by atoms with van der Waals surface area (Å²) in [5, 5.41) is 5.35. The van der Waals surface area contributed by atoms with Crippen LogP contribution in [-0.4, -0.2) is 26.6 Å². The average molecular weight is 304 g/mol. The van der Waals surface area contributed by atoms with E-state index in [1.165, 1.54) is 19.2 Å². The number of amides is 1. The zero-order valence-corrected chi connectivity index (χ0v) is 12.2. The molecule has 2 N–H and O–H groups in total. The Kier molecular flexibility index (Phi) is 6.02. The number of ether oxygens (including phenoxy) is 1. The van der Waals surface area contributed by atoms with Crippen molar-refractivity contribution in [1.29, 1.82) is 0 Å². The van der Waals surface area contributed by atoms with Crippen LogP contribution >= 0.6 is 0 Å². The van der Waals surface area contributed by atoms with Crippen LogP contribution in [0, 0.1) is 5.92 Å². The predicted octanol–water partition coefficient (Wildman–Crippen LogP) is 2.19. The molecular weight excluding hydrogens is 285 g/mol. The van der Waals surface area contributed by atoms with Gasteiger partial charge in [0.15, 0.2) is 0 Å². The first-order chi connectivity index (χ1) is 9.79. The summed E-state index contributed by atoms with van der Waals surface area (Å²) in [5.41, 5.74) is -0.795. The Morgan fingerprint density at radius 2 is 2.05 bits per heavy atom. The lowest BCUT2D eigenvalue weighted by atomic mass is 10.1. The number of carbonyl (C=O) groups excluding carboxylic acids is 1.